The molecule has 0 aromatic carbocycles. The molecule has 0 aliphatic heterocycles. The molecule has 1 aliphatic rings. The lowest BCUT2D eigenvalue weighted by Crippen LogP contribution is -2.12. The summed E-state index contributed by atoms with van der Waals surface area (Å²) in [6.45, 7) is 0. The number of aliphatic carboxylic acids is 1. The molecule has 0 aromatic heterocycles. The van der Waals surface area contributed by atoms with Crippen molar-refractivity contribution in [1.29, 1.82) is 0 Å². The summed E-state index contributed by atoms with van der Waals surface area (Å²) in [5.74, 6) is -0.935. The van der Waals surface area contributed by atoms with Crippen molar-refractivity contribution in [2.75, 3.05) is 0 Å². The molecule has 1 rings (SSSR count). The third kappa shape index (κ3) is 2.06. The van der Waals surface area contributed by atoms with Crippen LogP contribution in [0.4, 0.5) is 0 Å². The van der Waals surface area contributed by atoms with Gasteiger partial charge in [0.15, 0.2) is 0 Å². The van der Waals surface area contributed by atoms with Crippen LogP contribution < -0.4 is 0 Å². The fourth-order valence-corrected chi connectivity index (χ4v) is 1.95. The van der Waals surface area contributed by atoms with Crippen molar-refractivity contribution >= 4 is 32.4 Å². The molecule has 0 heterocycles. The fourth-order valence-electron chi connectivity index (χ4n) is 1.36. The number of rotatable bonds is 2. The van der Waals surface area contributed by atoms with E-state index in [-0.39, 0.29) is 3.79 Å². The van der Waals surface area contributed by atoms with Crippen LogP contribution in [0.15, 0.2) is 11.1 Å². The minimum Gasteiger partial charge on any atom is -0.478 e. The number of carboxylic acids is 1. The highest BCUT2D eigenvalue weighted by atomic mass is 127. The van der Waals surface area contributed by atoms with E-state index in [1.807, 2.05) is 0 Å². The van der Waals surface area contributed by atoms with Gasteiger partial charge in [-0.2, -0.15) is 0 Å². The van der Waals surface area contributed by atoms with Gasteiger partial charge in [0.2, 0.25) is 3.79 Å². The van der Waals surface area contributed by atoms with Crippen LogP contribution in [0.3, 0.4) is 0 Å². The number of halogens is 1. The van der Waals surface area contributed by atoms with E-state index >= 15 is 0 Å². The van der Waals surface area contributed by atoms with E-state index < -0.39 is 5.97 Å². The van der Waals surface area contributed by atoms with E-state index in [2.05, 4.69) is 0 Å². The van der Waals surface area contributed by atoms with Gasteiger partial charge in [-0.3, -0.25) is 4.79 Å². The average molecular weight is 280 g/mol. The number of hydrogen-bond donors (Lipinski definition) is 1. The maximum atomic E-state index is 11.0. The van der Waals surface area contributed by atoms with Crippen LogP contribution in [0.1, 0.15) is 25.7 Å². The van der Waals surface area contributed by atoms with Gasteiger partial charge in [-0.05, 0) is 25.7 Å². The molecule has 0 saturated carbocycles. The molecule has 12 heavy (non-hydrogen) atoms. The van der Waals surface area contributed by atoms with E-state index in [1.54, 1.807) is 22.6 Å². The summed E-state index contributed by atoms with van der Waals surface area (Å²) in [7, 11) is 0. The van der Waals surface area contributed by atoms with Crippen molar-refractivity contribution in [2.24, 2.45) is 0 Å². The Morgan fingerprint density at radius 2 is 1.67 bits per heavy atom. The zero-order chi connectivity index (χ0) is 9.14. The van der Waals surface area contributed by atoms with E-state index in [1.165, 1.54) is 0 Å². The second kappa shape index (κ2) is 4.02. The van der Waals surface area contributed by atoms with Gasteiger partial charge in [0.1, 0.15) is 0 Å². The van der Waals surface area contributed by atoms with E-state index in [0.29, 0.717) is 24.0 Å². The number of carbonyl (C=O) groups excluding carboxylic acids is 1. The normalized spacial score (nSPS) is 17.8. The first kappa shape index (κ1) is 9.70. The van der Waals surface area contributed by atoms with Gasteiger partial charge in [0.25, 0.3) is 0 Å². The SMILES string of the molecule is O=C(O)C1=C(C(=O)I)CCCC1. The molecule has 3 nitrogen and oxygen atoms in total. The smallest absolute Gasteiger partial charge is 0.331 e. The second-order valence-corrected chi connectivity index (χ2v) is 3.72. The van der Waals surface area contributed by atoms with Gasteiger partial charge in [0.05, 0.1) is 0 Å². The highest BCUT2D eigenvalue weighted by Crippen LogP contribution is 2.26. The minimum absolute atomic E-state index is 0.121. The summed E-state index contributed by atoms with van der Waals surface area (Å²) < 4.78 is -0.121. The van der Waals surface area contributed by atoms with Crippen LogP contribution in [-0.4, -0.2) is 14.9 Å². The lowest BCUT2D eigenvalue weighted by atomic mass is 9.93. The van der Waals surface area contributed by atoms with Crippen LogP contribution >= 0.6 is 22.6 Å². The highest BCUT2D eigenvalue weighted by molar-refractivity contribution is 14.1. The topological polar surface area (TPSA) is 54.4 Å². The van der Waals surface area contributed by atoms with Gasteiger partial charge < -0.3 is 5.11 Å². The lowest BCUT2D eigenvalue weighted by Gasteiger charge is -2.13. The number of carboxylic acid groups (broad SMARTS) is 1. The summed E-state index contributed by atoms with van der Waals surface area (Å²) in [6.07, 6.45) is 2.98. The van der Waals surface area contributed by atoms with Crippen molar-refractivity contribution in [3.05, 3.63) is 11.1 Å². The van der Waals surface area contributed by atoms with Crippen molar-refractivity contribution < 1.29 is 14.7 Å². The predicted molar refractivity (Wildman–Crippen MR) is 52.2 cm³/mol. The van der Waals surface area contributed by atoms with Crippen LogP contribution in [0.2, 0.25) is 0 Å². The van der Waals surface area contributed by atoms with E-state index in [9.17, 15) is 9.59 Å². The van der Waals surface area contributed by atoms with Crippen LogP contribution in [0.25, 0.3) is 0 Å². The van der Waals surface area contributed by atoms with Gasteiger partial charge >= 0.3 is 5.97 Å². The number of allylic oxidation sites excluding steroid dienone is 1. The standard InChI is InChI=1S/C8H9IO3/c9-7(10)5-3-1-2-4-6(5)8(11)12/h1-4H2,(H,11,12). The van der Waals surface area contributed by atoms with Crippen molar-refractivity contribution in [3.63, 3.8) is 0 Å². The van der Waals surface area contributed by atoms with Crippen LogP contribution in [0, 0.1) is 0 Å². The number of carbonyl (C=O) groups is 2. The molecule has 0 bridgehead atoms. The second-order valence-electron chi connectivity index (χ2n) is 2.74. The van der Waals surface area contributed by atoms with Crippen molar-refractivity contribution in [1.82, 2.24) is 0 Å². The van der Waals surface area contributed by atoms with E-state index in [4.69, 9.17) is 5.11 Å². The van der Waals surface area contributed by atoms with Gasteiger partial charge in [0, 0.05) is 33.7 Å². The molecule has 0 spiro atoms. The molecular weight excluding hydrogens is 271 g/mol. The summed E-state index contributed by atoms with van der Waals surface area (Å²) in [5.41, 5.74) is 0.829. The van der Waals surface area contributed by atoms with Gasteiger partial charge in [-0.25, -0.2) is 4.79 Å². The van der Waals surface area contributed by atoms with Crippen molar-refractivity contribution in [3.8, 4) is 0 Å². The monoisotopic (exact) mass is 280 g/mol. The molecule has 0 aromatic rings. The maximum absolute atomic E-state index is 11.0. The van der Waals surface area contributed by atoms with Gasteiger partial charge in [-0.1, -0.05) is 0 Å². The Kier molecular flexibility index (Phi) is 3.25. The molecule has 66 valence electrons. The molecular formula is C8H9IO3. The molecule has 0 amide bonds. The Labute approximate surface area is 84.0 Å². The van der Waals surface area contributed by atoms with Gasteiger partial charge in [-0.15, -0.1) is 0 Å². The largest absolute Gasteiger partial charge is 0.478 e. The molecule has 0 atom stereocenters. The Morgan fingerprint density at radius 1 is 1.17 bits per heavy atom. The molecule has 4 heteroatoms. The molecule has 0 saturated heterocycles. The summed E-state index contributed by atoms with van der Waals surface area (Å²) in [5, 5.41) is 8.74. The Bertz CT molecular complexity index is 229. The van der Waals surface area contributed by atoms with Crippen molar-refractivity contribution in [2.45, 2.75) is 25.7 Å². The molecule has 1 aliphatic carbocycles. The number of hydrogen-bond acceptors (Lipinski definition) is 2. The fraction of sp³-hybridized carbons (Fsp3) is 0.500. The Balaban J connectivity index is 2.99. The first-order chi connectivity index (χ1) is 5.63. The Hall–Kier alpha value is -0.390. The lowest BCUT2D eigenvalue weighted by molar-refractivity contribution is -0.133. The van der Waals surface area contributed by atoms with E-state index in [0.717, 1.165) is 12.8 Å². The highest BCUT2D eigenvalue weighted by Gasteiger charge is 2.21. The quantitative estimate of drug-likeness (QED) is 0.621. The zero-order valence-electron chi connectivity index (χ0n) is 6.47. The summed E-state index contributed by atoms with van der Waals surface area (Å²) in [4.78, 5) is 21.6. The minimum atomic E-state index is -0.935. The van der Waals surface area contributed by atoms with Crippen LogP contribution in [0.5, 0.6) is 0 Å². The van der Waals surface area contributed by atoms with Crippen LogP contribution in [-0.2, 0) is 9.59 Å². The summed E-state index contributed by atoms with van der Waals surface area (Å²) in [6, 6.07) is 0. The summed E-state index contributed by atoms with van der Waals surface area (Å²) >= 11 is 1.65. The third-order valence-corrected chi connectivity index (χ3v) is 2.61. The first-order valence-corrected chi connectivity index (χ1v) is 4.86. The molecule has 1 N–H and O–H groups in total. The molecule has 0 unspecified atom stereocenters. The average Bonchev–Trinajstić information content (AvgIpc) is 2.04. The maximum Gasteiger partial charge on any atom is 0.331 e. The Morgan fingerprint density at radius 3 is 2.00 bits per heavy atom. The first-order valence-electron chi connectivity index (χ1n) is 3.78. The molecule has 0 fully saturated rings. The predicted octanol–water partition coefficient (Wildman–Crippen LogP) is 1.90. The molecule has 0 radical (unpaired) electrons. The zero-order valence-corrected chi connectivity index (χ0v) is 8.63. The third-order valence-electron chi connectivity index (χ3n) is 1.96.